The second kappa shape index (κ2) is 10.4. The van der Waals surface area contributed by atoms with Crippen molar-refractivity contribution >= 4 is 17.6 Å². The molecule has 0 aromatic rings. The number of carbonyl (C=O) groups excluding carboxylic acids is 3. The van der Waals surface area contributed by atoms with Gasteiger partial charge in [-0.05, 0) is 25.7 Å². The van der Waals surface area contributed by atoms with Crippen molar-refractivity contribution in [3.05, 3.63) is 0 Å². The largest absolute Gasteiger partial charge is 0.355 e. The number of carbonyl (C=O) groups is 3. The molecule has 116 valence electrons. The first-order chi connectivity index (χ1) is 9.34. The third kappa shape index (κ3) is 9.49. The molecule has 0 aromatic heterocycles. The van der Waals surface area contributed by atoms with Crippen LogP contribution >= 0.6 is 0 Å². The highest BCUT2D eigenvalue weighted by molar-refractivity contribution is 5.84. The van der Waals surface area contributed by atoms with Crippen molar-refractivity contribution in [2.45, 2.75) is 52.5 Å². The summed E-state index contributed by atoms with van der Waals surface area (Å²) in [5, 5.41) is 5.33. The molecule has 0 aliphatic heterocycles. The van der Waals surface area contributed by atoms with Crippen LogP contribution in [0.15, 0.2) is 0 Å². The summed E-state index contributed by atoms with van der Waals surface area (Å²) in [5.74, 6) is -0.159. The Morgan fingerprint density at radius 3 is 2.25 bits per heavy atom. The van der Waals surface area contributed by atoms with Gasteiger partial charge in [0.05, 0.1) is 12.6 Å². The molecule has 0 aliphatic carbocycles. The fourth-order valence-corrected chi connectivity index (χ4v) is 1.53. The molecule has 0 saturated carbocycles. The van der Waals surface area contributed by atoms with Crippen molar-refractivity contribution in [3.63, 3.8) is 0 Å². The predicted octanol–water partition coefficient (Wildman–Crippen LogP) is 0.352. The Bertz CT molecular complexity index is 330. The molecule has 2 amide bonds. The first-order valence-electron chi connectivity index (χ1n) is 7.14. The minimum absolute atomic E-state index is 0.0532. The van der Waals surface area contributed by atoms with Gasteiger partial charge in [-0.1, -0.05) is 20.3 Å². The molecule has 6 nitrogen and oxygen atoms in total. The van der Waals surface area contributed by atoms with Crippen LogP contribution in [-0.2, 0) is 14.4 Å². The van der Waals surface area contributed by atoms with Crippen molar-refractivity contribution in [1.29, 1.82) is 0 Å². The summed E-state index contributed by atoms with van der Waals surface area (Å²) in [6.07, 6.45) is 2.82. The lowest BCUT2D eigenvalue weighted by atomic mass is 10.1. The lowest BCUT2D eigenvalue weighted by molar-refractivity contribution is -0.124. The van der Waals surface area contributed by atoms with Crippen LogP contribution in [0.1, 0.15) is 46.5 Å². The minimum Gasteiger partial charge on any atom is -0.355 e. The maximum atomic E-state index is 11.5. The molecule has 0 spiro atoms. The molecule has 6 heteroatoms. The van der Waals surface area contributed by atoms with E-state index in [4.69, 9.17) is 5.73 Å². The van der Waals surface area contributed by atoms with Crippen molar-refractivity contribution in [2.75, 3.05) is 13.1 Å². The van der Waals surface area contributed by atoms with Crippen LogP contribution in [0.25, 0.3) is 0 Å². The first kappa shape index (κ1) is 18.6. The Hall–Kier alpha value is -1.43. The van der Waals surface area contributed by atoms with Gasteiger partial charge in [-0.3, -0.25) is 14.4 Å². The van der Waals surface area contributed by atoms with E-state index in [1.54, 1.807) is 0 Å². The first-order valence-corrected chi connectivity index (χ1v) is 7.14. The molecule has 0 heterocycles. The molecule has 0 rings (SSSR count). The quantitative estimate of drug-likeness (QED) is 0.504. The SMILES string of the molecule is CC(=O)CNC(=O)CCCCCNC(=O)C(N)C(C)C. The highest BCUT2D eigenvalue weighted by Gasteiger charge is 2.15. The zero-order valence-electron chi connectivity index (χ0n) is 12.7. The molecule has 0 aromatic carbocycles. The summed E-state index contributed by atoms with van der Waals surface area (Å²) in [6.45, 7) is 5.93. The number of unbranched alkanes of at least 4 members (excludes halogenated alkanes) is 2. The Morgan fingerprint density at radius 2 is 1.70 bits per heavy atom. The van der Waals surface area contributed by atoms with Gasteiger partial charge in [-0.15, -0.1) is 0 Å². The van der Waals surface area contributed by atoms with Crippen LogP contribution in [0.4, 0.5) is 0 Å². The Labute approximate surface area is 120 Å². The Kier molecular flexibility index (Phi) is 9.63. The minimum atomic E-state index is -0.465. The van der Waals surface area contributed by atoms with Crippen LogP contribution in [0, 0.1) is 5.92 Å². The van der Waals surface area contributed by atoms with Crippen LogP contribution in [0.3, 0.4) is 0 Å². The van der Waals surface area contributed by atoms with Gasteiger partial charge in [-0.25, -0.2) is 0 Å². The van der Waals surface area contributed by atoms with Gasteiger partial charge in [0.25, 0.3) is 0 Å². The standard InChI is InChI=1S/C14H27N3O3/c1-10(2)13(15)14(20)16-8-6-4-5-7-12(19)17-9-11(3)18/h10,13H,4-9,15H2,1-3H3,(H,16,20)(H,17,19). The van der Waals surface area contributed by atoms with E-state index in [1.807, 2.05) is 13.8 Å². The van der Waals surface area contributed by atoms with Crippen LogP contribution in [0.5, 0.6) is 0 Å². The van der Waals surface area contributed by atoms with Gasteiger partial charge in [0.15, 0.2) is 0 Å². The zero-order valence-corrected chi connectivity index (χ0v) is 12.7. The Balaban J connectivity index is 3.51. The number of amides is 2. The van der Waals surface area contributed by atoms with Gasteiger partial charge in [0.1, 0.15) is 5.78 Å². The molecule has 1 unspecified atom stereocenters. The van der Waals surface area contributed by atoms with Crippen molar-refractivity contribution in [1.82, 2.24) is 10.6 Å². The number of hydrogen-bond donors (Lipinski definition) is 3. The van der Waals surface area contributed by atoms with E-state index in [-0.39, 0.29) is 30.1 Å². The van der Waals surface area contributed by atoms with Gasteiger partial charge >= 0.3 is 0 Å². The lowest BCUT2D eigenvalue weighted by Gasteiger charge is -2.15. The summed E-state index contributed by atoms with van der Waals surface area (Å²) in [4.78, 5) is 33.5. The third-order valence-corrected chi connectivity index (χ3v) is 2.94. The highest BCUT2D eigenvalue weighted by Crippen LogP contribution is 2.00. The van der Waals surface area contributed by atoms with E-state index < -0.39 is 6.04 Å². The van der Waals surface area contributed by atoms with Gasteiger partial charge in [0.2, 0.25) is 11.8 Å². The Morgan fingerprint density at radius 1 is 1.05 bits per heavy atom. The maximum Gasteiger partial charge on any atom is 0.237 e. The van der Waals surface area contributed by atoms with E-state index in [9.17, 15) is 14.4 Å². The molecule has 4 N–H and O–H groups in total. The number of ketones is 1. The van der Waals surface area contributed by atoms with E-state index in [1.165, 1.54) is 6.92 Å². The van der Waals surface area contributed by atoms with Gasteiger partial charge in [-0.2, -0.15) is 0 Å². The molecule has 0 aliphatic rings. The zero-order chi connectivity index (χ0) is 15.5. The topological polar surface area (TPSA) is 101 Å². The number of hydrogen-bond acceptors (Lipinski definition) is 4. The molecule has 0 bridgehead atoms. The lowest BCUT2D eigenvalue weighted by Crippen LogP contribution is -2.44. The van der Waals surface area contributed by atoms with E-state index in [0.717, 1.165) is 19.3 Å². The molecular formula is C14H27N3O3. The smallest absolute Gasteiger partial charge is 0.237 e. The van der Waals surface area contributed by atoms with E-state index >= 15 is 0 Å². The monoisotopic (exact) mass is 285 g/mol. The molecule has 0 radical (unpaired) electrons. The summed E-state index contributed by atoms with van der Waals surface area (Å²) < 4.78 is 0. The second-order valence-electron chi connectivity index (χ2n) is 5.35. The molecule has 0 saturated heterocycles. The maximum absolute atomic E-state index is 11.5. The average molecular weight is 285 g/mol. The summed E-state index contributed by atoms with van der Waals surface area (Å²) >= 11 is 0. The average Bonchev–Trinajstić information content (AvgIpc) is 2.38. The molecule has 1 atom stereocenters. The number of nitrogens with two attached hydrogens (primary N) is 1. The van der Waals surface area contributed by atoms with E-state index in [0.29, 0.717) is 13.0 Å². The number of nitrogens with one attached hydrogen (secondary N) is 2. The second-order valence-corrected chi connectivity index (χ2v) is 5.35. The van der Waals surface area contributed by atoms with Crippen molar-refractivity contribution in [3.8, 4) is 0 Å². The molecule has 0 fully saturated rings. The molecular weight excluding hydrogens is 258 g/mol. The van der Waals surface area contributed by atoms with E-state index in [2.05, 4.69) is 10.6 Å². The normalized spacial score (nSPS) is 12.1. The number of Topliss-reactive ketones (excluding diaryl/α,β-unsaturated/α-hetero) is 1. The van der Waals surface area contributed by atoms with Gasteiger partial charge < -0.3 is 16.4 Å². The summed E-state index contributed by atoms with van der Waals surface area (Å²) in [6, 6.07) is -0.465. The van der Waals surface area contributed by atoms with Crippen LogP contribution in [0.2, 0.25) is 0 Å². The highest BCUT2D eigenvalue weighted by atomic mass is 16.2. The third-order valence-electron chi connectivity index (χ3n) is 2.94. The van der Waals surface area contributed by atoms with Crippen molar-refractivity contribution in [2.24, 2.45) is 11.7 Å². The summed E-state index contributed by atoms with van der Waals surface area (Å²) in [5.41, 5.74) is 5.71. The fourth-order valence-electron chi connectivity index (χ4n) is 1.53. The fraction of sp³-hybridized carbons (Fsp3) is 0.786. The molecule has 20 heavy (non-hydrogen) atoms. The predicted molar refractivity (Wildman–Crippen MR) is 78.0 cm³/mol. The number of rotatable bonds is 10. The summed E-state index contributed by atoms with van der Waals surface area (Å²) in [7, 11) is 0. The van der Waals surface area contributed by atoms with Crippen LogP contribution < -0.4 is 16.4 Å². The van der Waals surface area contributed by atoms with Crippen molar-refractivity contribution < 1.29 is 14.4 Å². The van der Waals surface area contributed by atoms with Gasteiger partial charge in [0, 0.05) is 13.0 Å². The van der Waals surface area contributed by atoms with Crippen LogP contribution in [-0.4, -0.2) is 36.7 Å².